The van der Waals surface area contributed by atoms with E-state index in [0.717, 1.165) is 63.7 Å². The molecule has 2 aliphatic rings. The Kier molecular flexibility index (Phi) is 9.11. The summed E-state index contributed by atoms with van der Waals surface area (Å²) in [5, 5.41) is 6.82. The molecule has 0 amide bonds. The summed E-state index contributed by atoms with van der Waals surface area (Å²) in [4.78, 5) is 7.39. The van der Waals surface area contributed by atoms with Gasteiger partial charge in [-0.05, 0) is 43.4 Å². The summed E-state index contributed by atoms with van der Waals surface area (Å²) >= 11 is 0. The van der Waals surface area contributed by atoms with Crippen LogP contribution in [0.4, 0.5) is 4.39 Å². The first-order valence-corrected chi connectivity index (χ1v) is 11.7. The lowest BCUT2D eigenvalue weighted by Gasteiger charge is -2.37. The lowest BCUT2D eigenvalue weighted by atomic mass is 9.74. The maximum atomic E-state index is 13.9. The Hall–Kier alpha value is -1.70. The molecule has 7 heteroatoms. The molecule has 1 aromatic carbocycles. The van der Waals surface area contributed by atoms with Gasteiger partial charge >= 0.3 is 0 Å². The maximum absolute atomic E-state index is 13.9. The van der Waals surface area contributed by atoms with E-state index in [1.165, 1.54) is 6.07 Å². The summed E-state index contributed by atoms with van der Waals surface area (Å²) in [7, 11) is 0. The quantitative estimate of drug-likeness (QED) is 0.487. The van der Waals surface area contributed by atoms with Crippen molar-refractivity contribution in [2.24, 2.45) is 10.9 Å². The molecule has 0 bridgehead atoms. The third kappa shape index (κ3) is 7.16. The van der Waals surface area contributed by atoms with E-state index in [1.807, 2.05) is 6.07 Å². The third-order valence-corrected chi connectivity index (χ3v) is 6.11. The average Bonchev–Trinajstić information content (AvgIpc) is 2.76. The summed E-state index contributed by atoms with van der Waals surface area (Å²) in [5.74, 6) is 1.25. The summed E-state index contributed by atoms with van der Waals surface area (Å²) in [6.07, 6.45) is 1.83. The normalized spacial score (nSPS) is 22.5. The molecule has 0 saturated carbocycles. The van der Waals surface area contributed by atoms with Crippen molar-refractivity contribution in [1.82, 2.24) is 15.5 Å². The highest BCUT2D eigenvalue weighted by molar-refractivity contribution is 5.79. The van der Waals surface area contributed by atoms with Crippen molar-refractivity contribution in [3.63, 3.8) is 0 Å². The van der Waals surface area contributed by atoms with Gasteiger partial charge in [0.05, 0.1) is 19.3 Å². The largest absolute Gasteiger partial charge is 0.381 e. The van der Waals surface area contributed by atoms with E-state index in [4.69, 9.17) is 14.5 Å². The minimum atomic E-state index is -0.197. The fourth-order valence-electron chi connectivity index (χ4n) is 4.49. The van der Waals surface area contributed by atoms with E-state index < -0.39 is 0 Å². The summed E-state index contributed by atoms with van der Waals surface area (Å²) in [6.45, 7) is 13.8. The van der Waals surface area contributed by atoms with Crippen LogP contribution >= 0.6 is 0 Å². The van der Waals surface area contributed by atoms with Crippen molar-refractivity contribution in [3.05, 3.63) is 35.6 Å². The second-order valence-corrected chi connectivity index (χ2v) is 9.13. The number of hydrogen-bond acceptors (Lipinski definition) is 4. The molecule has 1 atom stereocenters. The number of rotatable bonds is 8. The van der Waals surface area contributed by atoms with Crippen LogP contribution < -0.4 is 10.6 Å². The number of aliphatic imine (C=N–C) groups is 1. The van der Waals surface area contributed by atoms with Crippen LogP contribution in [0.15, 0.2) is 29.3 Å². The van der Waals surface area contributed by atoms with Gasteiger partial charge in [0.25, 0.3) is 0 Å². The highest BCUT2D eigenvalue weighted by atomic mass is 19.1. The summed E-state index contributed by atoms with van der Waals surface area (Å²) < 4.78 is 25.5. The molecule has 1 unspecified atom stereocenters. The van der Waals surface area contributed by atoms with Gasteiger partial charge in [0.1, 0.15) is 5.82 Å². The molecule has 2 heterocycles. The highest BCUT2D eigenvalue weighted by Gasteiger charge is 2.35. The Balaban J connectivity index is 1.64. The number of nitrogens with one attached hydrogen (secondary N) is 2. The van der Waals surface area contributed by atoms with Crippen LogP contribution in [0.25, 0.3) is 0 Å². The van der Waals surface area contributed by atoms with Crippen molar-refractivity contribution >= 4 is 5.96 Å². The van der Waals surface area contributed by atoms with Crippen LogP contribution in [0.1, 0.15) is 39.2 Å². The van der Waals surface area contributed by atoms with Gasteiger partial charge in [0, 0.05) is 51.4 Å². The van der Waals surface area contributed by atoms with Gasteiger partial charge < -0.3 is 20.1 Å². The minimum absolute atomic E-state index is 0.150. The zero-order chi connectivity index (χ0) is 22.1. The molecule has 3 rings (SSSR count). The number of nitrogens with zero attached hydrogens (tertiary/aromatic N) is 2. The predicted molar refractivity (Wildman–Crippen MR) is 123 cm³/mol. The lowest BCUT2D eigenvalue weighted by Crippen LogP contribution is -2.50. The van der Waals surface area contributed by atoms with Crippen LogP contribution in [0.3, 0.4) is 0 Å². The smallest absolute Gasteiger partial charge is 0.191 e. The first-order chi connectivity index (χ1) is 15.0. The molecule has 0 spiro atoms. The molecular weight excluding hydrogens is 395 g/mol. The Morgan fingerprint density at radius 2 is 2.06 bits per heavy atom. The zero-order valence-electron chi connectivity index (χ0n) is 19.3. The molecule has 1 aromatic rings. The third-order valence-electron chi connectivity index (χ3n) is 6.11. The molecule has 6 nitrogen and oxygen atoms in total. The first-order valence-electron chi connectivity index (χ1n) is 11.7. The Morgan fingerprint density at radius 3 is 2.77 bits per heavy atom. The van der Waals surface area contributed by atoms with Gasteiger partial charge in [-0.15, -0.1) is 0 Å². The molecule has 2 saturated heterocycles. The van der Waals surface area contributed by atoms with Crippen molar-refractivity contribution in [2.45, 2.75) is 45.1 Å². The summed E-state index contributed by atoms with van der Waals surface area (Å²) in [5.41, 5.74) is 0.813. The van der Waals surface area contributed by atoms with E-state index in [-0.39, 0.29) is 17.3 Å². The number of morpholine rings is 1. The second-order valence-electron chi connectivity index (χ2n) is 9.13. The molecule has 2 fully saturated rings. The van der Waals surface area contributed by atoms with E-state index in [9.17, 15) is 4.39 Å². The van der Waals surface area contributed by atoms with Crippen LogP contribution in [-0.2, 0) is 14.9 Å². The Bertz CT molecular complexity index is 707. The van der Waals surface area contributed by atoms with E-state index >= 15 is 0 Å². The van der Waals surface area contributed by atoms with Crippen molar-refractivity contribution in [3.8, 4) is 0 Å². The van der Waals surface area contributed by atoms with Gasteiger partial charge in [-0.3, -0.25) is 9.89 Å². The fraction of sp³-hybridized carbons (Fsp3) is 0.708. The second kappa shape index (κ2) is 11.8. The van der Waals surface area contributed by atoms with Crippen LogP contribution in [-0.4, -0.2) is 76.1 Å². The molecule has 0 radical (unpaired) electrons. The predicted octanol–water partition coefficient (Wildman–Crippen LogP) is 2.79. The number of ether oxygens (including phenoxy) is 2. The lowest BCUT2D eigenvalue weighted by molar-refractivity contribution is -0.0284. The average molecular weight is 435 g/mol. The van der Waals surface area contributed by atoms with Crippen molar-refractivity contribution < 1.29 is 13.9 Å². The van der Waals surface area contributed by atoms with Crippen LogP contribution in [0.5, 0.6) is 0 Å². The Morgan fingerprint density at radius 1 is 1.26 bits per heavy atom. The molecule has 2 aliphatic heterocycles. The van der Waals surface area contributed by atoms with Crippen LogP contribution in [0.2, 0.25) is 0 Å². The highest BCUT2D eigenvalue weighted by Crippen LogP contribution is 2.35. The fourth-order valence-corrected chi connectivity index (χ4v) is 4.49. The van der Waals surface area contributed by atoms with Crippen LogP contribution in [0, 0.1) is 11.7 Å². The molecule has 0 aromatic heterocycles. The van der Waals surface area contributed by atoms with E-state index in [0.29, 0.717) is 25.7 Å². The molecule has 0 aliphatic carbocycles. The zero-order valence-corrected chi connectivity index (χ0v) is 19.3. The van der Waals surface area contributed by atoms with Gasteiger partial charge in [-0.1, -0.05) is 26.0 Å². The standard InChI is InChI=1S/C24H39FN4O2/c1-4-26-23(27-15-22-17-29(10-13-31-22)16-19(2)3)28-18-24(8-11-30-12-9-24)20-6-5-7-21(25)14-20/h5-7,14,19,22H,4,8-13,15-18H2,1-3H3,(H2,26,27,28). The number of benzene rings is 1. The summed E-state index contributed by atoms with van der Waals surface area (Å²) in [6, 6.07) is 6.96. The number of halogens is 1. The first kappa shape index (κ1) is 24.0. The van der Waals surface area contributed by atoms with Gasteiger partial charge in [-0.25, -0.2) is 4.39 Å². The Labute approximate surface area is 186 Å². The monoisotopic (exact) mass is 434 g/mol. The molecule has 174 valence electrons. The molecule has 31 heavy (non-hydrogen) atoms. The maximum Gasteiger partial charge on any atom is 0.191 e. The minimum Gasteiger partial charge on any atom is -0.381 e. The van der Waals surface area contributed by atoms with Gasteiger partial charge in [0.2, 0.25) is 0 Å². The number of hydrogen-bond donors (Lipinski definition) is 2. The van der Waals surface area contributed by atoms with Gasteiger partial charge in [-0.2, -0.15) is 0 Å². The SMILES string of the molecule is CCNC(=NCC1(c2cccc(F)c2)CCOCC1)NCC1CN(CC(C)C)CCO1. The van der Waals surface area contributed by atoms with Gasteiger partial charge in [0.15, 0.2) is 5.96 Å². The molecule has 2 N–H and O–H groups in total. The van der Waals surface area contributed by atoms with E-state index in [2.05, 4.69) is 36.3 Å². The molecular formula is C24H39FN4O2. The van der Waals surface area contributed by atoms with Crippen molar-refractivity contribution in [2.75, 3.05) is 59.1 Å². The topological polar surface area (TPSA) is 58.1 Å². The van der Waals surface area contributed by atoms with E-state index in [1.54, 1.807) is 12.1 Å². The van der Waals surface area contributed by atoms with Crippen molar-refractivity contribution in [1.29, 1.82) is 0 Å². The number of guanidine groups is 1.